The Kier molecular flexibility index (Phi) is 2.15. The smallest absolute Gasteiger partial charge is 0.194 e. The first-order valence-electron chi connectivity index (χ1n) is 5.96. The largest absolute Gasteiger partial charge is 0.289 e. The van der Waals surface area contributed by atoms with E-state index in [9.17, 15) is 4.79 Å². The summed E-state index contributed by atoms with van der Waals surface area (Å²) in [6.07, 6.45) is 0. The molecule has 0 bridgehead atoms. The van der Waals surface area contributed by atoms with Gasteiger partial charge in [0.2, 0.25) is 0 Å². The number of rotatable bonds is 1. The van der Waals surface area contributed by atoms with Crippen molar-refractivity contribution in [1.29, 1.82) is 0 Å². The Balaban J connectivity index is 2.27. The van der Waals surface area contributed by atoms with Gasteiger partial charge in [-0.05, 0) is 22.6 Å². The summed E-state index contributed by atoms with van der Waals surface area (Å²) >= 11 is 0. The van der Waals surface area contributed by atoms with Crippen LogP contribution >= 0.6 is 0 Å². The molecule has 0 amide bonds. The highest BCUT2D eigenvalue weighted by molar-refractivity contribution is 6.21. The van der Waals surface area contributed by atoms with Crippen LogP contribution in [0.2, 0.25) is 0 Å². The summed E-state index contributed by atoms with van der Waals surface area (Å²) in [4.78, 5) is 12.2. The molecule has 0 fully saturated rings. The molecular formula is C16H14O. The third kappa shape index (κ3) is 1.42. The summed E-state index contributed by atoms with van der Waals surface area (Å²) in [7, 11) is 0. The van der Waals surface area contributed by atoms with Gasteiger partial charge >= 0.3 is 0 Å². The van der Waals surface area contributed by atoms with Gasteiger partial charge in [0, 0.05) is 11.1 Å². The van der Waals surface area contributed by atoms with Gasteiger partial charge in [0.05, 0.1) is 0 Å². The predicted octanol–water partition coefficient (Wildman–Crippen LogP) is 4.02. The number of carbonyl (C=O) groups excluding carboxylic acids is 1. The summed E-state index contributed by atoms with van der Waals surface area (Å²) in [6.45, 7) is 4.34. The van der Waals surface area contributed by atoms with Crippen LogP contribution in [0.15, 0.2) is 42.5 Å². The average Bonchev–Trinajstić information content (AvgIpc) is 2.64. The quantitative estimate of drug-likeness (QED) is 0.607. The van der Waals surface area contributed by atoms with Crippen LogP contribution < -0.4 is 0 Å². The molecule has 2 aromatic carbocycles. The van der Waals surface area contributed by atoms with E-state index in [0.717, 1.165) is 22.3 Å². The van der Waals surface area contributed by atoms with E-state index >= 15 is 0 Å². The first kappa shape index (κ1) is 10.3. The van der Waals surface area contributed by atoms with Gasteiger partial charge in [-0.2, -0.15) is 0 Å². The Morgan fingerprint density at radius 2 is 1.47 bits per heavy atom. The fraction of sp³-hybridized carbons (Fsp3) is 0.188. The fourth-order valence-corrected chi connectivity index (χ4v) is 2.40. The highest BCUT2D eigenvalue weighted by Crippen LogP contribution is 2.37. The van der Waals surface area contributed by atoms with E-state index in [2.05, 4.69) is 26.0 Å². The summed E-state index contributed by atoms with van der Waals surface area (Å²) < 4.78 is 0. The Hall–Kier alpha value is -1.89. The molecule has 0 heterocycles. The van der Waals surface area contributed by atoms with Crippen molar-refractivity contribution in [3.63, 3.8) is 0 Å². The maximum absolute atomic E-state index is 12.2. The second kappa shape index (κ2) is 3.56. The molecule has 0 radical (unpaired) electrons. The van der Waals surface area contributed by atoms with E-state index < -0.39 is 0 Å². The number of benzene rings is 2. The highest BCUT2D eigenvalue weighted by Gasteiger charge is 2.26. The van der Waals surface area contributed by atoms with E-state index in [0.29, 0.717) is 5.92 Å². The van der Waals surface area contributed by atoms with Crippen LogP contribution in [-0.2, 0) is 0 Å². The molecular weight excluding hydrogens is 208 g/mol. The molecule has 84 valence electrons. The molecule has 0 atom stereocenters. The Labute approximate surface area is 101 Å². The second-order valence-electron chi connectivity index (χ2n) is 4.83. The summed E-state index contributed by atoms with van der Waals surface area (Å²) in [5.74, 6) is 0.647. The van der Waals surface area contributed by atoms with Gasteiger partial charge in [0.15, 0.2) is 5.78 Å². The monoisotopic (exact) mass is 222 g/mol. The standard InChI is InChI=1S/C16H14O/c1-10(2)11-7-8-14-15(9-11)12-5-3-4-6-13(12)16(14)17/h3-10H,1-2H3. The highest BCUT2D eigenvalue weighted by atomic mass is 16.1. The topological polar surface area (TPSA) is 17.1 Å². The van der Waals surface area contributed by atoms with Crippen molar-refractivity contribution < 1.29 is 4.79 Å². The molecule has 3 rings (SSSR count). The SMILES string of the molecule is CC(C)c1ccc2c(c1)-c1ccccc1C2=O. The predicted molar refractivity (Wildman–Crippen MR) is 69.4 cm³/mol. The number of hydrogen-bond donors (Lipinski definition) is 0. The van der Waals surface area contributed by atoms with E-state index in [1.807, 2.05) is 30.3 Å². The van der Waals surface area contributed by atoms with Crippen molar-refractivity contribution in [2.45, 2.75) is 19.8 Å². The molecule has 0 spiro atoms. The molecule has 0 saturated heterocycles. The number of carbonyl (C=O) groups is 1. The maximum Gasteiger partial charge on any atom is 0.194 e. The third-order valence-electron chi connectivity index (χ3n) is 3.42. The van der Waals surface area contributed by atoms with Crippen molar-refractivity contribution in [3.05, 3.63) is 59.2 Å². The average molecular weight is 222 g/mol. The lowest BCUT2D eigenvalue weighted by molar-refractivity contribution is 0.104. The van der Waals surface area contributed by atoms with Crippen molar-refractivity contribution >= 4 is 5.78 Å². The summed E-state index contributed by atoms with van der Waals surface area (Å²) in [6, 6.07) is 14.0. The lowest BCUT2D eigenvalue weighted by atomic mass is 9.97. The van der Waals surface area contributed by atoms with Gasteiger partial charge in [0.1, 0.15) is 0 Å². The first-order valence-corrected chi connectivity index (χ1v) is 5.96. The zero-order valence-corrected chi connectivity index (χ0v) is 10.0. The summed E-state index contributed by atoms with van der Waals surface area (Å²) in [5.41, 5.74) is 5.14. The Bertz CT molecular complexity index is 609. The molecule has 1 nitrogen and oxygen atoms in total. The van der Waals surface area contributed by atoms with Gasteiger partial charge in [-0.25, -0.2) is 0 Å². The maximum atomic E-state index is 12.2. The van der Waals surface area contributed by atoms with E-state index in [1.54, 1.807) is 0 Å². The van der Waals surface area contributed by atoms with Crippen LogP contribution in [0.4, 0.5) is 0 Å². The molecule has 17 heavy (non-hydrogen) atoms. The van der Waals surface area contributed by atoms with Crippen molar-refractivity contribution in [2.75, 3.05) is 0 Å². The Morgan fingerprint density at radius 1 is 0.824 bits per heavy atom. The molecule has 0 N–H and O–H groups in total. The van der Waals surface area contributed by atoms with Gasteiger partial charge < -0.3 is 0 Å². The van der Waals surface area contributed by atoms with Crippen LogP contribution in [0.3, 0.4) is 0 Å². The van der Waals surface area contributed by atoms with Crippen LogP contribution in [0, 0.1) is 0 Å². The molecule has 0 saturated carbocycles. The minimum Gasteiger partial charge on any atom is -0.289 e. The van der Waals surface area contributed by atoms with Crippen LogP contribution in [-0.4, -0.2) is 5.78 Å². The van der Waals surface area contributed by atoms with Crippen molar-refractivity contribution in [3.8, 4) is 11.1 Å². The Morgan fingerprint density at radius 3 is 2.18 bits per heavy atom. The minimum absolute atomic E-state index is 0.158. The van der Waals surface area contributed by atoms with E-state index in [4.69, 9.17) is 0 Å². The molecule has 1 aliphatic rings. The zero-order chi connectivity index (χ0) is 12.0. The van der Waals surface area contributed by atoms with Gasteiger partial charge in [-0.1, -0.05) is 56.3 Å². The normalized spacial score (nSPS) is 12.8. The van der Waals surface area contributed by atoms with E-state index in [-0.39, 0.29) is 5.78 Å². The number of ketones is 1. The zero-order valence-electron chi connectivity index (χ0n) is 10.0. The second-order valence-corrected chi connectivity index (χ2v) is 4.83. The van der Waals surface area contributed by atoms with Crippen LogP contribution in [0.5, 0.6) is 0 Å². The van der Waals surface area contributed by atoms with Crippen molar-refractivity contribution in [2.24, 2.45) is 0 Å². The minimum atomic E-state index is 0.158. The third-order valence-corrected chi connectivity index (χ3v) is 3.42. The fourth-order valence-electron chi connectivity index (χ4n) is 2.40. The van der Waals surface area contributed by atoms with Crippen LogP contribution in [0.1, 0.15) is 41.3 Å². The number of fused-ring (bicyclic) bond motifs is 3. The lowest BCUT2D eigenvalue weighted by Gasteiger charge is -2.07. The summed E-state index contributed by atoms with van der Waals surface area (Å²) in [5, 5.41) is 0. The lowest BCUT2D eigenvalue weighted by Crippen LogP contribution is -1.95. The van der Waals surface area contributed by atoms with Gasteiger partial charge in [0.25, 0.3) is 0 Å². The number of hydrogen-bond acceptors (Lipinski definition) is 1. The van der Waals surface area contributed by atoms with Gasteiger partial charge in [-0.3, -0.25) is 4.79 Å². The van der Waals surface area contributed by atoms with Crippen molar-refractivity contribution in [1.82, 2.24) is 0 Å². The van der Waals surface area contributed by atoms with Gasteiger partial charge in [-0.15, -0.1) is 0 Å². The molecule has 0 aliphatic heterocycles. The molecule has 1 heteroatoms. The molecule has 1 aliphatic carbocycles. The molecule has 0 unspecified atom stereocenters. The first-order chi connectivity index (χ1) is 8.18. The molecule has 0 aromatic heterocycles. The van der Waals surface area contributed by atoms with Crippen LogP contribution in [0.25, 0.3) is 11.1 Å². The van der Waals surface area contributed by atoms with E-state index in [1.165, 1.54) is 5.56 Å². The molecule has 2 aromatic rings.